The lowest BCUT2D eigenvalue weighted by molar-refractivity contribution is -0.116. The molecule has 0 aliphatic rings. The maximum atomic E-state index is 10.6. The Morgan fingerprint density at radius 2 is 2.27 bits per heavy atom. The Hall–Kier alpha value is -1.39. The first kappa shape index (κ1) is 11.7. The molecule has 0 aromatic heterocycles. The number of nitrogens with one attached hydrogen (secondary N) is 1. The zero-order chi connectivity index (χ0) is 11.3. The number of carbonyl (C=O) groups is 1. The third-order valence-corrected chi connectivity index (χ3v) is 1.97. The molecule has 0 aliphatic heterocycles. The van der Waals surface area contributed by atoms with Crippen LogP contribution in [0.5, 0.6) is 5.75 Å². The van der Waals surface area contributed by atoms with Crippen LogP contribution >= 0.6 is 0 Å². The average molecular weight is 209 g/mol. The van der Waals surface area contributed by atoms with E-state index in [0.717, 1.165) is 0 Å². The second kappa shape index (κ2) is 5.48. The number of aliphatic hydroxyl groups excluding tert-OH is 1. The van der Waals surface area contributed by atoms with Crippen molar-refractivity contribution in [2.75, 3.05) is 13.1 Å². The predicted molar refractivity (Wildman–Crippen MR) is 56.6 cm³/mol. The summed E-state index contributed by atoms with van der Waals surface area (Å²) in [4.78, 5) is 10.6. The van der Waals surface area contributed by atoms with E-state index in [1.165, 1.54) is 13.0 Å². The van der Waals surface area contributed by atoms with Gasteiger partial charge in [-0.05, 0) is 24.6 Å². The van der Waals surface area contributed by atoms with Gasteiger partial charge in [-0.2, -0.15) is 0 Å². The molecule has 4 heteroatoms. The topological polar surface area (TPSA) is 69.6 Å². The van der Waals surface area contributed by atoms with Gasteiger partial charge in [-0.3, -0.25) is 4.79 Å². The van der Waals surface area contributed by atoms with E-state index < -0.39 is 6.10 Å². The summed E-state index contributed by atoms with van der Waals surface area (Å²) >= 11 is 0. The zero-order valence-electron chi connectivity index (χ0n) is 8.60. The molecule has 0 spiro atoms. The number of aromatic hydroxyl groups is 1. The molecule has 0 saturated carbocycles. The van der Waals surface area contributed by atoms with Gasteiger partial charge in [0.25, 0.3) is 0 Å². The molecule has 1 unspecified atom stereocenters. The Bertz CT molecular complexity index is 338. The van der Waals surface area contributed by atoms with Crippen LogP contribution in [0.15, 0.2) is 24.3 Å². The molecule has 0 aliphatic carbocycles. The van der Waals surface area contributed by atoms with Crippen molar-refractivity contribution < 1.29 is 15.0 Å². The summed E-state index contributed by atoms with van der Waals surface area (Å²) in [5, 5.41) is 21.7. The minimum absolute atomic E-state index is 0.0260. The molecule has 1 aromatic rings. The fourth-order valence-electron chi connectivity index (χ4n) is 1.23. The summed E-state index contributed by atoms with van der Waals surface area (Å²) in [6, 6.07) is 6.43. The zero-order valence-corrected chi connectivity index (χ0v) is 8.60. The molecule has 0 saturated heterocycles. The van der Waals surface area contributed by atoms with E-state index in [0.29, 0.717) is 12.1 Å². The van der Waals surface area contributed by atoms with Crippen LogP contribution in [-0.2, 0) is 4.79 Å². The van der Waals surface area contributed by atoms with Gasteiger partial charge >= 0.3 is 0 Å². The van der Waals surface area contributed by atoms with Crippen molar-refractivity contribution in [1.29, 1.82) is 0 Å². The van der Waals surface area contributed by atoms with Crippen molar-refractivity contribution in [3.8, 4) is 5.75 Å². The number of ketones is 1. The third-order valence-electron chi connectivity index (χ3n) is 1.97. The number of phenolic OH excluding ortho intramolecular Hbond substituents is 1. The van der Waals surface area contributed by atoms with E-state index in [2.05, 4.69) is 5.32 Å². The van der Waals surface area contributed by atoms with Crippen molar-refractivity contribution in [2.24, 2.45) is 0 Å². The van der Waals surface area contributed by atoms with E-state index in [-0.39, 0.29) is 18.1 Å². The van der Waals surface area contributed by atoms with Crippen LogP contribution in [-0.4, -0.2) is 29.1 Å². The van der Waals surface area contributed by atoms with Gasteiger partial charge in [0.1, 0.15) is 11.5 Å². The molecule has 0 fully saturated rings. The highest BCUT2D eigenvalue weighted by Crippen LogP contribution is 2.17. The summed E-state index contributed by atoms with van der Waals surface area (Å²) in [5.74, 6) is 0.149. The predicted octanol–water partition coefficient (Wildman–Crippen LogP) is 0.604. The summed E-state index contributed by atoms with van der Waals surface area (Å²) in [7, 11) is 0. The number of hydrogen-bond donors (Lipinski definition) is 3. The van der Waals surface area contributed by atoms with Crippen LogP contribution in [0, 0.1) is 0 Å². The SMILES string of the molecule is CC(=O)CNCC(O)c1cccc(O)c1. The van der Waals surface area contributed by atoms with E-state index in [4.69, 9.17) is 0 Å². The number of benzene rings is 1. The monoisotopic (exact) mass is 209 g/mol. The van der Waals surface area contributed by atoms with Crippen LogP contribution < -0.4 is 5.32 Å². The summed E-state index contributed by atoms with van der Waals surface area (Å²) < 4.78 is 0. The molecular formula is C11H15NO3. The molecule has 1 aromatic carbocycles. The minimum atomic E-state index is -0.712. The molecular weight excluding hydrogens is 194 g/mol. The molecule has 1 atom stereocenters. The lowest BCUT2D eigenvalue weighted by Crippen LogP contribution is -2.26. The first-order chi connectivity index (χ1) is 7.09. The Labute approximate surface area is 88.6 Å². The molecule has 15 heavy (non-hydrogen) atoms. The number of aliphatic hydroxyl groups is 1. The molecule has 4 nitrogen and oxygen atoms in total. The van der Waals surface area contributed by atoms with Gasteiger partial charge in [-0.25, -0.2) is 0 Å². The Balaban J connectivity index is 2.46. The second-order valence-corrected chi connectivity index (χ2v) is 3.44. The third kappa shape index (κ3) is 4.10. The molecule has 0 bridgehead atoms. The van der Waals surface area contributed by atoms with Crippen LogP contribution in [0.3, 0.4) is 0 Å². The van der Waals surface area contributed by atoms with Crippen LogP contribution in [0.4, 0.5) is 0 Å². The quantitative estimate of drug-likeness (QED) is 0.664. The second-order valence-electron chi connectivity index (χ2n) is 3.44. The van der Waals surface area contributed by atoms with Gasteiger partial charge in [0.2, 0.25) is 0 Å². The Morgan fingerprint density at radius 1 is 1.53 bits per heavy atom. The average Bonchev–Trinajstić information content (AvgIpc) is 2.17. The standard InChI is InChI=1S/C11H15NO3/c1-8(13)6-12-7-11(15)9-3-2-4-10(14)5-9/h2-5,11-12,14-15H,6-7H2,1H3. The summed E-state index contributed by atoms with van der Waals surface area (Å²) in [5.41, 5.74) is 0.631. The molecule has 0 heterocycles. The first-order valence-electron chi connectivity index (χ1n) is 4.76. The number of carbonyl (C=O) groups excluding carboxylic acids is 1. The molecule has 3 N–H and O–H groups in total. The summed E-state index contributed by atoms with van der Waals surface area (Å²) in [6.45, 7) is 2.02. The molecule has 82 valence electrons. The van der Waals surface area contributed by atoms with Gasteiger partial charge < -0.3 is 15.5 Å². The number of rotatable bonds is 5. The lowest BCUT2D eigenvalue weighted by Gasteiger charge is -2.11. The highest BCUT2D eigenvalue weighted by Gasteiger charge is 2.07. The molecule has 0 amide bonds. The van der Waals surface area contributed by atoms with E-state index in [1.54, 1.807) is 18.2 Å². The van der Waals surface area contributed by atoms with Crippen molar-refractivity contribution in [3.05, 3.63) is 29.8 Å². The largest absolute Gasteiger partial charge is 0.508 e. The van der Waals surface area contributed by atoms with Crippen molar-refractivity contribution in [3.63, 3.8) is 0 Å². The van der Waals surface area contributed by atoms with E-state index in [1.807, 2.05) is 0 Å². The first-order valence-corrected chi connectivity index (χ1v) is 4.76. The van der Waals surface area contributed by atoms with Gasteiger partial charge in [-0.15, -0.1) is 0 Å². The fraction of sp³-hybridized carbons (Fsp3) is 0.364. The van der Waals surface area contributed by atoms with Crippen LogP contribution in [0.2, 0.25) is 0 Å². The Morgan fingerprint density at radius 3 is 2.87 bits per heavy atom. The van der Waals surface area contributed by atoms with Crippen molar-refractivity contribution in [2.45, 2.75) is 13.0 Å². The van der Waals surface area contributed by atoms with E-state index in [9.17, 15) is 15.0 Å². The summed E-state index contributed by atoms with van der Waals surface area (Å²) in [6.07, 6.45) is -0.712. The highest BCUT2D eigenvalue weighted by atomic mass is 16.3. The molecule has 1 rings (SSSR count). The number of phenols is 1. The Kier molecular flexibility index (Phi) is 4.27. The number of hydrogen-bond acceptors (Lipinski definition) is 4. The van der Waals surface area contributed by atoms with Crippen molar-refractivity contribution in [1.82, 2.24) is 5.32 Å². The maximum Gasteiger partial charge on any atom is 0.143 e. The van der Waals surface area contributed by atoms with E-state index >= 15 is 0 Å². The van der Waals surface area contributed by atoms with Crippen LogP contribution in [0.25, 0.3) is 0 Å². The maximum absolute atomic E-state index is 10.6. The normalized spacial score (nSPS) is 12.4. The smallest absolute Gasteiger partial charge is 0.143 e. The fourth-order valence-corrected chi connectivity index (χ4v) is 1.23. The van der Waals surface area contributed by atoms with Gasteiger partial charge in [0.05, 0.1) is 12.6 Å². The van der Waals surface area contributed by atoms with Gasteiger partial charge in [0.15, 0.2) is 0 Å². The lowest BCUT2D eigenvalue weighted by atomic mass is 10.1. The van der Waals surface area contributed by atoms with Crippen molar-refractivity contribution >= 4 is 5.78 Å². The molecule has 0 radical (unpaired) electrons. The van der Waals surface area contributed by atoms with Crippen LogP contribution in [0.1, 0.15) is 18.6 Å². The highest BCUT2D eigenvalue weighted by molar-refractivity contribution is 5.77. The van der Waals surface area contributed by atoms with Gasteiger partial charge in [-0.1, -0.05) is 12.1 Å². The minimum Gasteiger partial charge on any atom is -0.508 e. The number of Topliss-reactive ketones (excluding diaryl/α,β-unsaturated/α-hetero) is 1. The van der Waals surface area contributed by atoms with Gasteiger partial charge in [0, 0.05) is 6.54 Å².